The maximum atomic E-state index is 4.50. The predicted molar refractivity (Wildman–Crippen MR) is 69.1 cm³/mol. The first-order valence-electron chi connectivity index (χ1n) is 5.97. The second-order valence-corrected chi connectivity index (χ2v) is 3.98. The molecule has 0 atom stereocenters. The Morgan fingerprint density at radius 2 is 2.24 bits per heavy atom. The molecule has 17 heavy (non-hydrogen) atoms. The van der Waals surface area contributed by atoms with Crippen molar-refractivity contribution in [2.45, 2.75) is 26.3 Å². The first-order valence-corrected chi connectivity index (χ1v) is 5.97. The second kappa shape index (κ2) is 5.48. The van der Waals surface area contributed by atoms with Gasteiger partial charge in [-0.15, -0.1) is 0 Å². The molecule has 2 aromatic rings. The summed E-state index contributed by atoms with van der Waals surface area (Å²) in [5, 5.41) is 3.05. The van der Waals surface area contributed by atoms with Gasteiger partial charge in [0.25, 0.3) is 0 Å². The highest BCUT2D eigenvalue weighted by atomic mass is 15.1. The van der Waals surface area contributed by atoms with E-state index in [4.69, 9.17) is 0 Å². The molecule has 4 heteroatoms. The normalized spacial score (nSPS) is 10.5. The second-order valence-electron chi connectivity index (χ2n) is 3.98. The summed E-state index contributed by atoms with van der Waals surface area (Å²) in [6.45, 7) is 3.19. The van der Waals surface area contributed by atoms with Gasteiger partial charge in [0, 0.05) is 32.4 Å². The lowest BCUT2D eigenvalue weighted by molar-refractivity contribution is 0.645. The molecule has 0 spiro atoms. The van der Waals surface area contributed by atoms with E-state index in [2.05, 4.69) is 26.8 Å². The third-order valence-corrected chi connectivity index (χ3v) is 2.67. The zero-order chi connectivity index (χ0) is 12.1. The van der Waals surface area contributed by atoms with Crippen LogP contribution in [-0.2, 0) is 13.0 Å². The van der Waals surface area contributed by atoms with Crippen molar-refractivity contribution >= 4 is 5.82 Å². The van der Waals surface area contributed by atoms with E-state index in [0.717, 1.165) is 36.7 Å². The number of hydrogen-bond donors (Lipinski definition) is 1. The number of nitrogens with zero attached hydrogens (tertiary/aromatic N) is 3. The molecule has 0 fully saturated rings. The Morgan fingerprint density at radius 3 is 3.00 bits per heavy atom. The molecule has 0 saturated heterocycles. The summed E-state index contributed by atoms with van der Waals surface area (Å²) in [5.41, 5.74) is 1.04. The van der Waals surface area contributed by atoms with E-state index in [1.165, 1.54) is 0 Å². The summed E-state index contributed by atoms with van der Waals surface area (Å²) in [4.78, 5) is 8.89. The predicted octanol–water partition coefficient (Wildman–Crippen LogP) is 2.32. The van der Waals surface area contributed by atoms with Crippen LogP contribution in [0.15, 0.2) is 30.6 Å². The molecule has 0 unspecified atom stereocenters. The van der Waals surface area contributed by atoms with Crippen LogP contribution in [0.5, 0.6) is 0 Å². The Morgan fingerprint density at radius 1 is 1.35 bits per heavy atom. The van der Waals surface area contributed by atoms with Crippen LogP contribution in [0.2, 0.25) is 0 Å². The first kappa shape index (κ1) is 11.6. The van der Waals surface area contributed by atoms with Crippen molar-refractivity contribution in [1.29, 1.82) is 0 Å². The molecule has 2 rings (SSSR count). The largest absolute Gasteiger partial charge is 0.373 e. The number of nitrogens with one attached hydrogen (secondary N) is 1. The molecule has 2 heterocycles. The Kier molecular flexibility index (Phi) is 3.75. The van der Waals surface area contributed by atoms with Crippen LogP contribution < -0.4 is 5.32 Å². The highest BCUT2D eigenvalue weighted by Gasteiger charge is 2.04. The van der Waals surface area contributed by atoms with Crippen molar-refractivity contribution < 1.29 is 0 Å². The van der Waals surface area contributed by atoms with E-state index in [1.54, 1.807) is 0 Å². The van der Waals surface area contributed by atoms with Gasteiger partial charge in [-0.25, -0.2) is 9.97 Å². The van der Waals surface area contributed by atoms with E-state index in [0.29, 0.717) is 0 Å². The highest BCUT2D eigenvalue weighted by Crippen LogP contribution is 2.09. The molecule has 0 aliphatic carbocycles. The Bertz CT molecular complexity index is 476. The molecule has 4 nitrogen and oxygen atoms in total. The van der Waals surface area contributed by atoms with Crippen molar-refractivity contribution in [3.63, 3.8) is 0 Å². The van der Waals surface area contributed by atoms with Crippen LogP contribution in [0, 0.1) is 0 Å². The van der Waals surface area contributed by atoms with Crippen LogP contribution >= 0.6 is 0 Å². The number of imidazole rings is 1. The number of anilines is 1. The molecule has 1 N–H and O–H groups in total. The lowest BCUT2D eigenvalue weighted by Crippen LogP contribution is -2.05. The van der Waals surface area contributed by atoms with E-state index in [-0.39, 0.29) is 0 Å². The van der Waals surface area contributed by atoms with Crippen molar-refractivity contribution in [1.82, 2.24) is 14.5 Å². The van der Waals surface area contributed by atoms with Crippen LogP contribution in [0.25, 0.3) is 0 Å². The van der Waals surface area contributed by atoms with Gasteiger partial charge in [0.05, 0.1) is 5.69 Å². The number of rotatable bonds is 5. The van der Waals surface area contributed by atoms with Gasteiger partial charge < -0.3 is 9.88 Å². The van der Waals surface area contributed by atoms with Gasteiger partial charge in [0.15, 0.2) is 0 Å². The third kappa shape index (κ3) is 2.84. The molecular formula is C13H18N4. The van der Waals surface area contributed by atoms with Crippen LogP contribution in [0.1, 0.15) is 24.9 Å². The van der Waals surface area contributed by atoms with E-state index in [1.807, 2.05) is 37.6 Å². The molecule has 0 aromatic carbocycles. The van der Waals surface area contributed by atoms with Crippen LogP contribution in [0.4, 0.5) is 5.82 Å². The molecule has 2 aromatic heterocycles. The summed E-state index contributed by atoms with van der Waals surface area (Å²) >= 11 is 0. The number of pyridine rings is 1. The average Bonchev–Trinajstić information content (AvgIpc) is 2.78. The molecule has 0 aliphatic rings. The molecule has 90 valence electrons. The van der Waals surface area contributed by atoms with Gasteiger partial charge in [0.2, 0.25) is 0 Å². The van der Waals surface area contributed by atoms with Crippen molar-refractivity contribution in [3.05, 3.63) is 42.1 Å². The van der Waals surface area contributed by atoms with Gasteiger partial charge in [-0.05, 0) is 18.6 Å². The number of hydrogen-bond acceptors (Lipinski definition) is 3. The molecule has 0 bridgehead atoms. The lowest BCUT2D eigenvalue weighted by atomic mass is 10.2. The van der Waals surface area contributed by atoms with E-state index < -0.39 is 0 Å². The summed E-state index contributed by atoms with van der Waals surface area (Å²) in [5.74, 6) is 1.98. The standard InChI is InChI=1S/C13H18N4/c1-3-8-17-9-7-15-13(17)10-11-5-4-6-12(14-2)16-11/h4-7,9H,3,8,10H2,1-2H3,(H,14,16). The monoisotopic (exact) mass is 230 g/mol. The summed E-state index contributed by atoms with van der Waals surface area (Å²) in [7, 11) is 1.88. The fourth-order valence-corrected chi connectivity index (χ4v) is 1.83. The van der Waals surface area contributed by atoms with Crippen molar-refractivity contribution in [2.24, 2.45) is 0 Å². The van der Waals surface area contributed by atoms with Crippen molar-refractivity contribution in [3.8, 4) is 0 Å². The minimum absolute atomic E-state index is 0.780. The van der Waals surface area contributed by atoms with Crippen LogP contribution in [-0.4, -0.2) is 21.6 Å². The number of aromatic nitrogens is 3. The topological polar surface area (TPSA) is 42.7 Å². The Balaban J connectivity index is 2.16. The fraction of sp³-hybridized carbons (Fsp3) is 0.385. The molecular weight excluding hydrogens is 212 g/mol. The molecule has 0 radical (unpaired) electrons. The summed E-state index contributed by atoms with van der Waals surface area (Å²) < 4.78 is 2.19. The quantitative estimate of drug-likeness (QED) is 0.857. The molecule has 0 saturated carbocycles. The third-order valence-electron chi connectivity index (χ3n) is 2.67. The first-order chi connectivity index (χ1) is 8.33. The molecule has 0 aliphatic heterocycles. The zero-order valence-electron chi connectivity index (χ0n) is 10.3. The summed E-state index contributed by atoms with van der Waals surface area (Å²) in [6, 6.07) is 6.01. The molecule has 0 amide bonds. The van der Waals surface area contributed by atoms with E-state index >= 15 is 0 Å². The lowest BCUT2D eigenvalue weighted by Gasteiger charge is -2.07. The zero-order valence-corrected chi connectivity index (χ0v) is 10.3. The minimum atomic E-state index is 0.780. The SMILES string of the molecule is CCCn1ccnc1Cc1cccc(NC)n1. The maximum absolute atomic E-state index is 4.50. The average molecular weight is 230 g/mol. The van der Waals surface area contributed by atoms with Gasteiger partial charge in [0.1, 0.15) is 11.6 Å². The Labute approximate surface area is 102 Å². The number of aryl methyl sites for hydroxylation is 1. The minimum Gasteiger partial charge on any atom is -0.373 e. The van der Waals surface area contributed by atoms with Gasteiger partial charge >= 0.3 is 0 Å². The highest BCUT2D eigenvalue weighted by molar-refractivity contribution is 5.34. The van der Waals surface area contributed by atoms with Crippen molar-refractivity contribution in [2.75, 3.05) is 12.4 Å². The summed E-state index contributed by atoms with van der Waals surface area (Å²) in [6.07, 6.45) is 5.78. The fourth-order valence-electron chi connectivity index (χ4n) is 1.83. The maximum Gasteiger partial charge on any atom is 0.125 e. The Hall–Kier alpha value is -1.84. The van der Waals surface area contributed by atoms with Crippen LogP contribution in [0.3, 0.4) is 0 Å². The van der Waals surface area contributed by atoms with Gasteiger partial charge in [-0.3, -0.25) is 0 Å². The van der Waals surface area contributed by atoms with Gasteiger partial charge in [-0.1, -0.05) is 13.0 Å². The smallest absolute Gasteiger partial charge is 0.125 e. The van der Waals surface area contributed by atoms with E-state index in [9.17, 15) is 0 Å². The van der Waals surface area contributed by atoms with Gasteiger partial charge in [-0.2, -0.15) is 0 Å².